The number of carbonyl (C=O) groups excluding carboxylic acids is 5. The maximum atomic E-state index is 15.4. The number of benzene rings is 1. The molecular weight excluding hydrogens is 1060 g/mol. The maximum absolute atomic E-state index is 15.4. The number of imidazole rings is 1. The molecule has 4 aliphatic rings. The second-order valence-electron chi connectivity index (χ2n) is 23.0. The number of nitrogens with two attached hydrogens (primary N) is 1. The Kier molecular flexibility index (Phi) is 20.4. The minimum Gasteiger partial charge on any atom is -0.458 e. The Hall–Kier alpha value is -5.01. The number of fused-ring (bicyclic) bond motifs is 2. The number of rotatable bonds is 16. The van der Waals surface area contributed by atoms with Crippen LogP contribution in [-0.4, -0.2) is 172 Å². The number of carbonyl (C=O) groups is 5. The summed E-state index contributed by atoms with van der Waals surface area (Å²) in [6.07, 6.45) is -5.66. The molecule has 3 aromatic rings. The first-order valence-electron chi connectivity index (χ1n) is 27.7. The molecule has 444 valence electrons. The van der Waals surface area contributed by atoms with Crippen molar-refractivity contribution in [2.45, 2.75) is 198 Å². The first-order chi connectivity index (χ1) is 37.8. The highest BCUT2D eigenvalue weighted by atomic mass is 32.2. The number of thioether (sulfide) groups is 1. The molecule has 0 saturated carbocycles. The molecule has 0 bridgehead atoms. The lowest BCUT2D eigenvalue weighted by Crippen LogP contribution is -2.62. The van der Waals surface area contributed by atoms with Gasteiger partial charge in [-0.2, -0.15) is 0 Å². The summed E-state index contributed by atoms with van der Waals surface area (Å²) in [6.45, 7) is 19.7. The van der Waals surface area contributed by atoms with Crippen molar-refractivity contribution in [1.29, 1.82) is 0 Å². The molecule has 1 aromatic carbocycles. The molecule has 0 unspecified atom stereocenters. The third-order valence-corrected chi connectivity index (χ3v) is 18.2. The fraction of sp³-hybridized carbons (Fsp3) is 0.719. The predicted octanol–water partition coefficient (Wildman–Crippen LogP) is 6.72. The van der Waals surface area contributed by atoms with Crippen molar-refractivity contribution in [2.75, 3.05) is 39.8 Å². The van der Waals surface area contributed by atoms with Gasteiger partial charge in [0.25, 0.3) is 0 Å². The highest BCUT2D eigenvalue weighted by Crippen LogP contribution is 2.50. The van der Waals surface area contributed by atoms with Gasteiger partial charge in [0, 0.05) is 63.5 Å². The second kappa shape index (κ2) is 26.1. The Balaban J connectivity index is 1.27. The number of likely N-dealkylation sites (N-methyl/N-ethyl adjacent to an activating group) is 1. The number of methoxy groups -OCH3 is 2. The third kappa shape index (κ3) is 13.4. The number of esters is 3. The van der Waals surface area contributed by atoms with Crippen LogP contribution in [0.3, 0.4) is 0 Å². The summed E-state index contributed by atoms with van der Waals surface area (Å²) in [5, 5.41) is -0.855. The summed E-state index contributed by atoms with van der Waals surface area (Å²) in [4.78, 5) is 86.0. The first kappa shape index (κ1) is 62.6. The molecule has 0 radical (unpaired) electrons. The molecule has 19 atom stereocenters. The summed E-state index contributed by atoms with van der Waals surface area (Å²) >= 11 is 1.34. The van der Waals surface area contributed by atoms with Gasteiger partial charge in [0.1, 0.15) is 41.2 Å². The van der Waals surface area contributed by atoms with E-state index >= 15 is 9.59 Å². The van der Waals surface area contributed by atoms with Crippen LogP contribution in [0.5, 0.6) is 0 Å². The normalized spacial score (nSPS) is 37.3. The molecule has 0 aliphatic carbocycles. The zero-order valence-corrected chi connectivity index (χ0v) is 49.8. The van der Waals surface area contributed by atoms with E-state index in [1.54, 1.807) is 40.9 Å². The van der Waals surface area contributed by atoms with E-state index in [4.69, 9.17) is 57.8 Å². The second-order valence-corrected chi connectivity index (χ2v) is 24.2. The molecule has 23 heteroatoms. The lowest BCUT2D eigenvalue weighted by atomic mass is 9.70. The fourth-order valence-electron chi connectivity index (χ4n) is 12.6. The van der Waals surface area contributed by atoms with E-state index in [9.17, 15) is 14.4 Å². The van der Waals surface area contributed by atoms with Crippen molar-refractivity contribution in [3.8, 4) is 0 Å². The topological polar surface area (TPSA) is 260 Å². The average Bonchev–Trinajstić information content (AvgIpc) is 4.18. The van der Waals surface area contributed by atoms with Gasteiger partial charge in [0.15, 0.2) is 41.9 Å². The number of hydrogen-bond donors (Lipinski definition) is 1. The van der Waals surface area contributed by atoms with Crippen molar-refractivity contribution in [3.63, 3.8) is 0 Å². The minimum absolute atomic E-state index is 0.0130. The van der Waals surface area contributed by atoms with Crippen LogP contribution >= 0.6 is 11.8 Å². The van der Waals surface area contributed by atoms with Crippen LogP contribution in [0.4, 0.5) is 10.6 Å². The Morgan fingerprint density at radius 3 is 2.20 bits per heavy atom. The third-order valence-electron chi connectivity index (χ3n) is 17.0. The lowest BCUT2D eigenvalue weighted by Gasteiger charge is -2.50. The van der Waals surface area contributed by atoms with Crippen LogP contribution in [0.15, 0.2) is 43.0 Å². The molecule has 0 spiro atoms. The number of hydrogen-bond acceptors (Lipinski definition) is 22. The number of nitrogens with zero attached hydrogens (tertiary/aromatic N) is 5. The molecule has 22 nitrogen and oxygen atoms in total. The number of anilines is 1. The van der Waals surface area contributed by atoms with E-state index in [1.807, 2.05) is 88.5 Å². The summed E-state index contributed by atoms with van der Waals surface area (Å²) in [5.41, 5.74) is 3.81. The molecule has 7 rings (SSSR count). The van der Waals surface area contributed by atoms with E-state index in [0.29, 0.717) is 29.9 Å². The molecule has 4 saturated heterocycles. The monoisotopic (exact) mass is 1140 g/mol. The standard InChI is InChI=1S/C57H84N6O16S/c1-16-39-57(11)41(46(52(67)79-57)80-23-22-63-29-61-42-49(58)59-28-60-50(42)63)32(4)43(65)30(2)25-55(9,69-14)47(77-53-45(74-36(8)64)38(62(12)13)24-31(3)72-53)33(5)44(34(6)51(66)75-39)76-40-26-56(10,70-15)48(35(7)73-40)78-54(68)71-27-37-20-18-17-19-21-37/h17-21,28-35,38-41,44-48,53H,16,22-27H2,1-15H3,(H2,58,59,60)/t30-,31-,32-,33+,34-,35+,38+,39-,40+,41+,44+,45-,46+,47-,48+,53+,55-,56-,57-/m1/s1. The van der Waals surface area contributed by atoms with Crippen LogP contribution in [0.25, 0.3) is 11.2 Å². The van der Waals surface area contributed by atoms with E-state index in [-0.39, 0.29) is 49.6 Å². The molecule has 4 fully saturated rings. The molecule has 80 heavy (non-hydrogen) atoms. The van der Waals surface area contributed by atoms with Crippen LogP contribution in [0, 0.1) is 29.6 Å². The smallest absolute Gasteiger partial charge is 0.458 e. The lowest BCUT2D eigenvalue weighted by molar-refractivity contribution is -0.320. The molecule has 2 aromatic heterocycles. The largest absolute Gasteiger partial charge is 0.509 e. The Morgan fingerprint density at radius 1 is 0.863 bits per heavy atom. The van der Waals surface area contributed by atoms with Gasteiger partial charge < -0.3 is 67.3 Å². The molecule has 4 aliphatic heterocycles. The summed E-state index contributed by atoms with van der Waals surface area (Å²) < 4.78 is 72.5. The Bertz CT molecular complexity index is 2630. The van der Waals surface area contributed by atoms with E-state index < -0.39 is 125 Å². The Labute approximate surface area is 473 Å². The highest BCUT2D eigenvalue weighted by molar-refractivity contribution is 8.00. The number of Topliss-reactive ketones (excluding diaryl/α,β-unsaturated/α-hetero) is 1. The number of aryl methyl sites for hydroxylation is 1. The van der Waals surface area contributed by atoms with Crippen LogP contribution < -0.4 is 5.73 Å². The summed E-state index contributed by atoms with van der Waals surface area (Å²) in [6, 6.07) is 8.87. The summed E-state index contributed by atoms with van der Waals surface area (Å²) in [5.74, 6) is -5.56. The molecule has 6 heterocycles. The van der Waals surface area contributed by atoms with E-state index in [1.165, 1.54) is 39.2 Å². The highest BCUT2D eigenvalue weighted by Gasteiger charge is 2.62. The number of ether oxygens (including phenoxy) is 11. The number of ketones is 1. The molecule has 2 N–H and O–H groups in total. The van der Waals surface area contributed by atoms with Gasteiger partial charge in [-0.25, -0.2) is 19.7 Å². The van der Waals surface area contributed by atoms with Crippen LogP contribution in [-0.2, 0) is 84.4 Å². The zero-order valence-electron chi connectivity index (χ0n) is 49.0. The SMILES string of the molecule is CC[C@H]1OC(=O)[C@H](C)[C@@H](O[C@H]2C[C@@](C)(OC)[C@@H](OC(=O)OCc3ccccc3)[C@H](C)O2)[C@H](C)[C@@H](O[C@@H]2O[C@H](C)C[C@H](N(C)C)[C@H]2OC(C)=O)[C@](C)(OC)C[C@@H](C)C(=O)[C@H](C)[C@H]2[C@H](SCCn3cnc4c(N)ncnc43)C(=O)O[C@@]21C. The minimum atomic E-state index is -1.47. The van der Waals surface area contributed by atoms with Gasteiger partial charge >= 0.3 is 24.1 Å². The van der Waals surface area contributed by atoms with Crippen molar-refractivity contribution in [3.05, 3.63) is 48.5 Å². The first-order valence-corrected chi connectivity index (χ1v) is 28.8. The van der Waals surface area contributed by atoms with Gasteiger partial charge in [-0.15, -0.1) is 11.8 Å². The Morgan fingerprint density at radius 2 is 1.55 bits per heavy atom. The van der Waals surface area contributed by atoms with Crippen molar-refractivity contribution in [2.24, 2.45) is 29.6 Å². The number of cyclic esters (lactones) is 1. The van der Waals surface area contributed by atoms with Crippen LogP contribution in [0.2, 0.25) is 0 Å². The molecule has 0 amide bonds. The molecular formula is C57H84N6O16S. The fourth-order valence-corrected chi connectivity index (χ4v) is 14.1. The van der Waals surface area contributed by atoms with Gasteiger partial charge in [-0.3, -0.25) is 19.2 Å². The van der Waals surface area contributed by atoms with Gasteiger partial charge in [0.05, 0.1) is 48.3 Å². The predicted molar refractivity (Wildman–Crippen MR) is 293 cm³/mol. The average molecular weight is 1140 g/mol. The maximum Gasteiger partial charge on any atom is 0.509 e. The van der Waals surface area contributed by atoms with Gasteiger partial charge in [0.2, 0.25) is 0 Å². The van der Waals surface area contributed by atoms with Crippen molar-refractivity contribution < 1.29 is 76.1 Å². The van der Waals surface area contributed by atoms with Gasteiger partial charge in [-0.05, 0) is 80.5 Å². The van der Waals surface area contributed by atoms with E-state index in [0.717, 1.165) is 5.56 Å². The van der Waals surface area contributed by atoms with Crippen molar-refractivity contribution >= 4 is 58.6 Å². The van der Waals surface area contributed by atoms with Crippen molar-refractivity contribution in [1.82, 2.24) is 24.4 Å². The number of nitrogen functional groups attached to an aromatic ring is 1. The van der Waals surface area contributed by atoms with Gasteiger partial charge in [-0.1, -0.05) is 58.0 Å². The zero-order chi connectivity index (χ0) is 58.6. The summed E-state index contributed by atoms with van der Waals surface area (Å²) in [7, 11) is 6.81. The quantitative estimate of drug-likeness (QED) is 0.115. The number of aromatic nitrogens is 4. The van der Waals surface area contributed by atoms with E-state index in [2.05, 4.69) is 15.0 Å². The van der Waals surface area contributed by atoms with Crippen LogP contribution in [0.1, 0.15) is 107 Å².